The summed E-state index contributed by atoms with van der Waals surface area (Å²) in [6, 6.07) is 0. The zero-order valence-electron chi connectivity index (χ0n) is 51.0. The van der Waals surface area contributed by atoms with E-state index in [9.17, 15) is 85.9 Å². The van der Waals surface area contributed by atoms with Crippen LogP contribution in [-0.2, 0) is 61.8 Å². The Morgan fingerprint density at radius 2 is 1.23 bits per heavy atom. The van der Waals surface area contributed by atoms with Crippen molar-refractivity contribution in [2.75, 3.05) is 26.4 Å². The molecule has 5 aliphatic carbocycles. The van der Waals surface area contributed by atoms with Crippen molar-refractivity contribution < 1.29 is 133 Å². The van der Waals surface area contributed by atoms with E-state index >= 15 is 0 Å². The van der Waals surface area contributed by atoms with E-state index in [2.05, 4.69) is 26.8 Å². The lowest BCUT2D eigenvalue weighted by atomic mass is 9.33. The average Bonchev–Trinajstić information content (AvgIpc) is 0.677. The quantitative estimate of drug-likeness (QED) is 0.0371. The maximum absolute atomic E-state index is 13.7. The number of carboxylic acids is 1. The average molecular weight is 1250 g/mol. The molecule has 0 radical (unpaired) electrons. The van der Waals surface area contributed by atoms with Crippen LogP contribution in [0, 0.1) is 50.2 Å². The van der Waals surface area contributed by atoms with Crippen molar-refractivity contribution in [1.29, 1.82) is 0 Å². The summed E-state index contributed by atoms with van der Waals surface area (Å²) in [5, 5.41) is 155. The number of aliphatic carboxylic acids is 1. The number of allylic oxidation sites excluding steroid dienone is 3. The van der Waals surface area contributed by atoms with Crippen molar-refractivity contribution in [2.45, 2.75) is 255 Å². The Balaban J connectivity index is 1.05. The van der Waals surface area contributed by atoms with Gasteiger partial charge in [-0.05, 0) is 98.2 Å². The zero-order valence-corrected chi connectivity index (χ0v) is 51.0. The smallest absolute Gasteiger partial charge is 0.335 e. The third-order valence-corrected chi connectivity index (χ3v) is 22.6. The van der Waals surface area contributed by atoms with Gasteiger partial charge in [-0.25, -0.2) is 9.59 Å². The van der Waals surface area contributed by atoms with E-state index in [1.54, 1.807) is 19.9 Å². The molecule has 14 N–H and O–H groups in total. The van der Waals surface area contributed by atoms with Gasteiger partial charge in [0, 0.05) is 17.9 Å². The number of carboxylic acid groups (broad SMARTS) is 1. The van der Waals surface area contributed by atoms with Crippen molar-refractivity contribution in [2.24, 2.45) is 50.2 Å². The van der Waals surface area contributed by atoms with E-state index in [-0.39, 0.29) is 18.3 Å². The Kier molecular flexibility index (Phi) is 19.8. The highest BCUT2D eigenvalue weighted by Gasteiger charge is 2.74. The Morgan fingerprint density at radius 1 is 0.632 bits per heavy atom. The van der Waals surface area contributed by atoms with E-state index in [0.29, 0.717) is 44.1 Å². The monoisotopic (exact) mass is 1250 g/mol. The van der Waals surface area contributed by atoms with Gasteiger partial charge in [0.1, 0.15) is 91.6 Å². The third kappa shape index (κ3) is 11.4. The first-order valence-corrected chi connectivity index (χ1v) is 30.4. The third-order valence-electron chi connectivity index (χ3n) is 22.6. The summed E-state index contributed by atoms with van der Waals surface area (Å²) in [7, 11) is 0. The molecule has 8 fully saturated rings. The first-order chi connectivity index (χ1) is 40.6. The topological polar surface area (TPSA) is 427 Å². The predicted molar refractivity (Wildman–Crippen MR) is 294 cm³/mol. The van der Waals surface area contributed by atoms with Crippen LogP contribution in [0.1, 0.15) is 114 Å². The molecule has 0 unspecified atom stereocenters. The molecule has 4 heterocycles. The lowest BCUT2D eigenvalue weighted by molar-refractivity contribution is -0.405. The van der Waals surface area contributed by atoms with Crippen LogP contribution in [0.4, 0.5) is 0 Å². The largest absolute Gasteiger partial charge is 0.479 e. The molecule has 0 aromatic carbocycles. The fraction of sp³-hybridized carbons (Fsp3) is 0.883. The Morgan fingerprint density at radius 3 is 1.84 bits per heavy atom. The van der Waals surface area contributed by atoms with Crippen molar-refractivity contribution >= 4 is 17.9 Å². The van der Waals surface area contributed by atoms with Crippen molar-refractivity contribution in [1.82, 2.24) is 0 Å². The van der Waals surface area contributed by atoms with Gasteiger partial charge in [-0.15, -0.1) is 0 Å². The number of hydrogen-bond donors (Lipinski definition) is 14. The molecule has 0 spiro atoms. The highest BCUT2D eigenvalue weighted by Crippen LogP contribution is 2.76. The predicted octanol–water partition coefficient (Wildman–Crippen LogP) is -1.83. The van der Waals surface area contributed by atoms with Crippen LogP contribution in [0.25, 0.3) is 0 Å². The van der Waals surface area contributed by atoms with Crippen LogP contribution in [0.5, 0.6) is 0 Å². The van der Waals surface area contributed by atoms with Crippen LogP contribution in [0.2, 0.25) is 0 Å². The molecular weight excluding hydrogens is 1150 g/mol. The number of rotatable bonds is 15. The molecule has 0 amide bonds. The van der Waals surface area contributed by atoms with E-state index in [1.807, 2.05) is 27.7 Å². The van der Waals surface area contributed by atoms with Crippen LogP contribution < -0.4 is 0 Å². The molecule has 496 valence electrons. The zero-order chi connectivity index (χ0) is 64.2. The molecule has 4 saturated carbocycles. The second-order valence-corrected chi connectivity index (χ2v) is 28.1. The maximum Gasteiger partial charge on any atom is 0.335 e. The number of aliphatic hydroxyl groups is 13. The highest BCUT2D eigenvalue weighted by atomic mass is 16.8. The van der Waals surface area contributed by atoms with Crippen LogP contribution in [0.3, 0.4) is 0 Å². The molecule has 27 nitrogen and oxygen atoms in total. The second kappa shape index (κ2) is 25.2. The van der Waals surface area contributed by atoms with Gasteiger partial charge in [-0.1, -0.05) is 66.2 Å². The molecule has 9 rings (SSSR count). The van der Waals surface area contributed by atoms with Gasteiger partial charge < -0.3 is 119 Å². The SMILES string of the molecule is C/C=C(/C)C(=O)O[C@H]1[C@H](OC(C)=O)C(C)(C)C[C@H]2C3=CC[C@@H]4[C@@]5(C)CC[C@H](O[C@@H]6O[C@H](C(=O)O)[C@@H](O)[C@H](O[C@@H]7O[C@H](CO)[C@@H](O)[C@H](O)[C@H]7O[C@@H]7OC[C@@H](O)[C@H](O)[C@H]7O)[C@H]6O[C@@H]6O[C@H](CO)[C@@H](O)[C@H](O)[C@H]6O)C(C)(C)[C@@H]5CC[C@@]4(C)[C@]3(C)C[C@@H](O)[C@]21CO. The van der Waals surface area contributed by atoms with Crippen molar-refractivity contribution in [3.8, 4) is 0 Å². The number of carbonyl (C=O) groups is 3. The number of aliphatic hydroxyl groups excluding tert-OH is 13. The molecule has 27 heteroatoms. The summed E-state index contributed by atoms with van der Waals surface area (Å²) in [5.74, 6) is -3.67. The van der Waals surface area contributed by atoms with Gasteiger partial charge in [0.05, 0.1) is 44.1 Å². The minimum atomic E-state index is -2.28. The molecule has 0 aromatic heterocycles. The van der Waals surface area contributed by atoms with Gasteiger partial charge in [-0.3, -0.25) is 4.79 Å². The van der Waals surface area contributed by atoms with Crippen LogP contribution in [-0.4, -0.2) is 257 Å². The summed E-state index contributed by atoms with van der Waals surface area (Å²) in [6.45, 7) is 16.2. The van der Waals surface area contributed by atoms with Gasteiger partial charge >= 0.3 is 17.9 Å². The number of esters is 2. The summed E-state index contributed by atoms with van der Waals surface area (Å²) in [6.07, 6.45) is -34.0. The number of ether oxygens (including phenoxy) is 10. The fourth-order valence-electron chi connectivity index (χ4n) is 17.4. The molecule has 0 aromatic rings. The van der Waals surface area contributed by atoms with E-state index in [1.165, 1.54) is 6.92 Å². The summed E-state index contributed by atoms with van der Waals surface area (Å²) in [5.41, 5.74) is -3.36. The van der Waals surface area contributed by atoms with Gasteiger partial charge in [-0.2, -0.15) is 0 Å². The van der Waals surface area contributed by atoms with Gasteiger partial charge in [0.25, 0.3) is 0 Å². The Labute approximate surface area is 505 Å². The minimum absolute atomic E-state index is 0.0313. The number of carbonyl (C=O) groups excluding carboxylic acids is 2. The molecule has 87 heavy (non-hydrogen) atoms. The summed E-state index contributed by atoms with van der Waals surface area (Å²) in [4.78, 5) is 39.7. The molecular formula is C60H94O27. The first-order valence-electron chi connectivity index (χ1n) is 30.4. The fourth-order valence-corrected chi connectivity index (χ4v) is 17.4. The Hall–Kier alpha value is -2.95. The molecule has 9 aliphatic rings. The van der Waals surface area contributed by atoms with Crippen molar-refractivity contribution in [3.05, 3.63) is 23.3 Å². The normalized spacial score (nSPS) is 50.5. The number of hydrogen-bond acceptors (Lipinski definition) is 26. The lowest BCUT2D eigenvalue weighted by Gasteiger charge is -2.72. The molecule has 30 atom stereocenters. The van der Waals surface area contributed by atoms with Gasteiger partial charge in [0.15, 0.2) is 37.4 Å². The lowest BCUT2D eigenvalue weighted by Crippen LogP contribution is -2.72. The van der Waals surface area contributed by atoms with Gasteiger partial charge in [0.2, 0.25) is 0 Å². The van der Waals surface area contributed by atoms with Crippen molar-refractivity contribution in [3.63, 3.8) is 0 Å². The Bertz CT molecular complexity index is 2550. The summed E-state index contributed by atoms with van der Waals surface area (Å²) >= 11 is 0. The highest BCUT2D eigenvalue weighted by molar-refractivity contribution is 5.88. The van der Waals surface area contributed by atoms with Crippen LogP contribution >= 0.6 is 0 Å². The second-order valence-electron chi connectivity index (χ2n) is 28.1. The summed E-state index contributed by atoms with van der Waals surface area (Å²) < 4.78 is 61.1. The minimum Gasteiger partial charge on any atom is -0.479 e. The number of fused-ring (bicyclic) bond motifs is 7. The molecule has 0 bridgehead atoms. The van der Waals surface area contributed by atoms with E-state index in [4.69, 9.17) is 47.4 Å². The standard InChI is InChI=1S/C60H94O27/c1-11-24(2)50(77)87-48-47(79-25(3)64)55(4,5)18-27-26-12-13-32-57(8)16-15-34(56(6,7)31(57)14-17-58(32,9)59(26,10)19-33(66)60(27,48)23-63)82-54-46(86-52-41(73)38(70)36(68)29(20-61)80-52)43(42(74)44(84-54)49(75)76)83-53-45(39(71)37(69)30(21-62)81-53)85-51-40(72)35(67)28(65)22-78-51/h11-12,27-48,51-54,61-63,65-74H,13-23H2,1-10H3,(H,75,76)/b24-11-/t27-,28+,29+,30+,31-,32+,33+,34-,35-,36+,37+,38-,39-,40+,41+,42-,43-,44-,45+,46+,47-,48-,51-,52-,53-,54+,57-,58+,59+,60-/m0/s1. The van der Waals surface area contributed by atoms with Crippen LogP contribution in [0.15, 0.2) is 23.3 Å². The first kappa shape index (κ1) is 68.4. The van der Waals surface area contributed by atoms with E-state index < -0.39 is 224 Å². The molecule has 4 saturated heterocycles. The maximum atomic E-state index is 13.7. The van der Waals surface area contributed by atoms with E-state index in [0.717, 1.165) is 5.57 Å². The molecule has 4 aliphatic heterocycles.